The van der Waals surface area contributed by atoms with Crippen LogP contribution in [0.5, 0.6) is 0 Å². The van der Waals surface area contributed by atoms with E-state index in [1.165, 1.54) is 12.1 Å². The quantitative estimate of drug-likeness (QED) is 0.770. The van der Waals surface area contributed by atoms with Crippen molar-refractivity contribution in [1.82, 2.24) is 20.2 Å². The second-order valence-corrected chi connectivity index (χ2v) is 6.82. The Kier molecular flexibility index (Phi) is 4.08. The molecule has 1 aliphatic rings. The van der Waals surface area contributed by atoms with Gasteiger partial charge in [0.05, 0.1) is 12.3 Å². The first kappa shape index (κ1) is 16.9. The molecule has 1 unspecified atom stereocenters. The number of ether oxygens (including phenoxy) is 1. The number of hydrogen-bond acceptors (Lipinski definition) is 7. The van der Waals surface area contributed by atoms with Crippen LogP contribution in [0.4, 0.5) is 10.1 Å². The number of rotatable bonds is 3. The summed E-state index contributed by atoms with van der Waals surface area (Å²) in [5.41, 5.74) is 9.88. The molecule has 8 heteroatoms. The van der Waals surface area contributed by atoms with E-state index in [-0.39, 0.29) is 5.82 Å². The molecule has 0 aliphatic carbocycles. The molecule has 1 fully saturated rings. The van der Waals surface area contributed by atoms with Gasteiger partial charge in [0.1, 0.15) is 11.4 Å². The van der Waals surface area contributed by atoms with Crippen LogP contribution in [0.3, 0.4) is 0 Å². The predicted octanol–water partition coefficient (Wildman–Crippen LogP) is 2.40. The SMILES string of the molecule is Cc1nc2nonc2c(N)c1CN1CCOC(C)(c2ccc(F)cc2)C1. The van der Waals surface area contributed by atoms with Crippen molar-refractivity contribution in [3.8, 4) is 0 Å². The van der Waals surface area contributed by atoms with Crippen molar-refractivity contribution in [2.45, 2.75) is 26.0 Å². The molecule has 0 spiro atoms. The highest BCUT2D eigenvalue weighted by Gasteiger charge is 2.34. The van der Waals surface area contributed by atoms with Gasteiger partial charge in [-0.25, -0.2) is 14.0 Å². The summed E-state index contributed by atoms with van der Waals surface area (Å²) in [5, 5.41) is 7.60. The van der Waals surface area contributed by atoms with Crippen LogP contribution in [-0.2, 0) is 16.9 Å². The Bertz CT molecular complexity index is 943. The van der Waals surface area contributed by atoms with E-state index in [0.29, 0.717) is 36.5 Å². The minimum Gasteiger partial charge on any atom is -0.396 e. The molecule has 4 rings (SSSR count). The van der Waals surface area contributed by atoms with E-state index in [1.807, 2.05) is 13.8 Å². The van der Waals surface area contributed by atoms with Crippen molar-refractivity contribution in [2.75, 3.05) is 25.4 Å². The van der Waals surface area contributed by atoms with E-state index >= 15 is 0 Å². The fraction of sp³-hybridized carbons (Fsp3) is 0.389. The van der Waals surface area contributed by atoms with Gasteiger partial charge in [0.15, 0.2) is 5.52 Å². The molecule has 0 saturated carbocycles. The van der Waals surface area contributed by atoms with Crippen molar-refractivity contribution < 1.29 is 13.8 Å². The molecule has 136 valence electrons. The highest BCUT2D eigenvalue weighted by molar-refractivity contribution is 5.85. The van der Waals surface area contributed by atoms with Gasteiger partial charge in [-0.05, 0) is 41.9 Å². The molecule has 7 nitrogen and oxygen atoms in total. The number of nitrogens with zero attached hydrogens (tertiary/aromatic N) is 4. The fourth-order valence-corrected chi connectivity index (χ4v) is 3.48. The Balaban J connectivity index is 1.60. The third-order valence-corrected chi connectivity index (χ3v) is 4.95. The standard InChI is InChI=1S/C18H20FN5O2/c1-11-14(15(20)16-17(21-11)23-26-22-16)9-24-7-8-25-18(2,10-24)12-3-5-13(19)6-4-12/h3-6H,7-10,20H2,1-2H3. The zero-order valence-corrected chi connectivity index (χ0v) is 14.7. The van der Waals surface area contributed by atoms with Crippen molar-refractivity contribution in [2.24, 2.45) is 0 Å². The van der Waals surface area contributed by atoms with Crippen molar-refractivity contribution in [3.05, 3.63) is 46.9 Å². The zero-order chi connectivity index (χ0) is 18.3. The molecule has 1 atom stereocenters. The largest absolute Gasteiger partial charge is 0.396 e. The van der Waals surface area contributed by atoms with E-state index in [0.717, 1.165) is 23.4 Å². The van der Waals surface area contributed by atoms with Crippen LogP contribution in [0.2, 0.25) is 0 Å². The van der Waals surface area contributed by atoms with Gasteiger partial charge in [0, 0.05) is 30.9 Å². The Labute approximate surface area is 149 Å². The smallest absolute Gasteiger partial charge is 0.226 e. The minimum atomic E-state index is -0.512. The third kappa shape index (κ3) is 2.91. The maximum absolute atomic E-state index is 13.2. The number of nitrogen functional groups attached to an aromatic ring is 1. The van der Waals surface area contributed by atoms with Gasteiger partial charge in [0.2, 0.25) is 5.65 Å². The van der Waals surface area contributed by atoms with Gasteiger partial charge in [0.25, 0.3) is 0 Å². The number of halogens is 1. The number of anilines is 1. The first-order valence-corrected chi connectivity index (χ1v) is 8.46. The molecule has 0 amide bonds. The summed E-state index contributed by atoms with van der Waals surface area (Å²) in [4.78, 5) is 6.68. The van der Waals surface area contributed by atoms with Crippen LogP contribution in [-0.4, -0.2) is 39.9 Å². The molecule has 1 aromatic carbocycles. The lowest BCUT2D eigenvalue weighted by molar-refractivity contribution is -0.105. The van der Waals surface area contributed by atoms with E-state index in [9.17, 15) is 4.39 Å². The predicted molar refractivity (Wildman–Crippen MR) is 93.7 cm³/mol. The maximum Gasteiger partial charge on any atom is 0.226 e. The summed E-state index contributed by atoms with van der Waals surface area (Å²) in [6.07, 6.45) is 0. The van der Waals surface area contributed by atoms with E-state index in [4.69, 9.17) is 15.1 Å². The van der Waals surface area contributed by atoms with E-state index in [1.54, 1.807) is 12.1 Å². The van der Waals surface area contributed by atoms with Crippen LogP contribution in [0.15, 0.2) is 28.9 Å². The molecule has 3 heterocycles. The molecule has 3 aromatic rings. The number of benzene rings is 1. The van der Waals surface area contributed by atoms with Gasteiger partial charge in [-0.1, -0.05) is 12.1 Å². The minimum absolute atomic E-state index is 0.256. The highest BCUT2D eigenvalue weighted by Crippen LogP contribution is 2.32. The fourth-order valence-electron chi connectivity index (χ4n) is 3.48. The lowest BCUT2D eigenvalue weighted by atomic mass is 9.93. The van der Waals surface area contributed by atoms with Crippen LogP contribution in [0, 0.1) is 12.7 Å². The maximum atomic E-state index is 13.2. The second-order valence-electron chi connectivity index (χ2n) is 6.82. The van der Waals surface area contributed by atoms with Crippen molar-refractivity contribution in [1.29, 1.82) is 0 Å². The Morgan fingerprint density at radius 2 is 2.04 bits per heavy atom. The first-order chi connectivity index (χ1) is 12.5. The van der Waals surface area contributed by atoms with Gasteiger partial charge in [-0.3, -0.25) is 4.90 Å². The summed E-state index contributed by atoms with van der Waals surface area (Å²) < 4.78 is 24.0. The molecule has 1 aliphatic heterocycles. The molecule has 0 radical (unpaired) electrons. The first-order valence-electron chi connectivity index (χ1n) is 8.46. The molecule has 2 N–H and O–H groups in total. The molecule has 26 heavy (non-hydrogen) atoms. The molecular formula is C18H20FN5O2. The number of pyridine rings is 1. The second kappa shape index (κ2) is 6.30. The number of aryl methyl sites for hydroxylation is 1. The van der Waals surface area contributed by atoms with Crippen molar-refractivity contribution >= 4 is 16.9 Å². The average molecular weight is 357 g/mol. The topological polar surface area (TPSA) is 90.3 Å². The highest BCUT2D eigenvalue weighted by atomic mass is 19.1. The number of hydrogen-bond donors (Lipinski definition) is 1. The monoisotopic (exact) mass is 357 g/mol. The lowest BCUT2D eigenvalue weighted by Gasteiger charge is -2.41. The summed E-state index contributed by atoms with van der Waals surface area (Å²) in [6.45, 7) is 6.55. The van der Waals surface area contributed by atoms with Gasteiger partial charge >= 0.3 is 0 Å². The summed E-state index contributed by atoms with van der Waals surface area (Å²) >= 11 is 0. The van der Waals surface area contributed by atoms with E-state index in [2.05, 4.69) is 20.2 Å². The van der Waals surface area contributed by atoms with Crippen molar-refractivity contribution in [3.63, 3.8) is 0 Å². The summed E-state index contributed by atoms with van der Waals surface area (Å²) in [5.74, 6) is -0.256. The average Bonchev–Trinajstić information content (AvgIpc) is 3.07. The number of morpholine rings is 1. The number of aromatic nitrogens is 3. The normalized spacial score (nSPS) is 21.3. The Morgan fingerprint density at radius 3 is 2.81 bits per heavy atom. The summed E-state index contributed by atoms with van der Waals surface area (Å²) in [7, 11) is 0. The van der Waals surface area contributed by atoms with Crippen LogP contribution in [0.1, 0.15) is 23.7 Å². The molecule has 0 bridgehead atoms. The molecular weight excluding hydrogens is 337 g/mol. The zero-order valence-electron chi connectivity index (χ0n) is 14.7. The lowest BCUT2D eigenvalue weighted by Crippen LogP contribution is -2.47. The number of fused-ring (bicyclic) bond motifs is 1. The Morgan fingerprint density at radius 1 is 1.27 bits per heavy atom. The van der Waals surface area contributed by atoms with Crippen LogP contribution in [0.25, 0.3) is 11.2 Å². The molecule has 2 aromatic heterocycles. The van der Waals surface area contributed by atoms with Crippen LogP contribution < -0.4 is 5.73 Å². The Hall–Kier alpha value is -2.58. The van der Waals surface area contributed by atoms with Crippen LogP contribution >= 0.6 is 0 Å². The summed E-state index contributed by atoms with van der Waals surface area (Å²) in [6, 6.07) is 6.46. The van der Waals surface area contributed by atoms with Gasteiger partial charge < -0.3 is 10.5 Å². The van der Waals surface area contributed by atoms with Gasteiger partial charge in [-0.2, -0.15) is 0 Å². The van der Waals surface area contributed by atoms with E-state index < -0.39 is 5.60 Å². The molecule has 1 saturated heterocycles. The van der Waals surface area contributed by atoms with Gasteiger partial charge in [-0.15, -0.1) is 0 Å². The number of nitrogens with two attached hydrogens (primary N) is 1. The third-order valence-electron chi connectivity index (χ3n) is 4.95.